The van der Waals surface area contributed by atoms with E-state index in [0.29, 0.717) is 11.4 Å². The predicted octanol–water partition coefficient (Wildman–Crippen LogP) is 2.72. The minimum atomic E-state index is -3.98. The van der Waals surface area contributed by atoms with Gasteiger partial charge in [-0.25, -0.2) is 8.42 Å². The number of sulfonamides is 1. The van der Waals surface area contributed by atoms with E-state index in [9.17, 15) is 13.2 Å². The molecule has 0 bridgehead atoms. The van der Waals surface area contributed by atoms with Crippen molar-refractivity contribution < 1.29 is 17.9 Å². The first kappa shape index (κ1) is 23.1. The number of nitrogens with zero attached hydrogens (tertiary/aromatic N) is 2. The van der Waals surface area contributed by atoms with E-state index in [1.54, 1.807) is 36.4 Å². The molecule has 1 N–H and O–H groups in total. The van der Waals surface area contributed by atoms with E-state index < -0.39 is 10.0 Å². The highest BCUT2D eigenvalue weighted by atomic mass is 32.2. The summed E-state index contributed by atoms with van der Waals surface area (Å²) in [5.74, 6) is 0.0715. The van der Waals surface area contributed by atoms with Crippen LogP contribution in [0.2, 0.25) is 0 Å². The molecule has 0 spiro atoms. The van der Waals surface area contributed by atoms with Crippen LogP contribution < -0.4 is 14.4 Å². The molecule has 8 heteroatoms. The van der Waals surface area contributed by atoms with Crippen LogP contribution in [0.4, 0.5) is 5.69 Å². The van der Waals surface area contributed by atoms with Gasteiger partial charge in [-0.2, -0.15) is 0 Å². The van der Waals surface area contributed by atoms with Crippen LogP contribution in [0.5, 0.6) is 5.75 Å². The Kier molecular flexibility index (Phi) is 7.23. The van der Waals surface area contributed by atoms with Crippen molar-refractivity contribution in [3.8, 4) is 5.75 Å². The van der Waals surface area contributed by atoms with Gasteiger partial charge >= 0.3 is 0 Å². The number of benzene rings is 2. The SMILES string of the molecule is COc1ccc(C)cc1N(CC(=O)NC1CCN(C)CC1)S(=O)(=O)c1ccc(C)cc1. The van der Waals surface area contributed by atoms with Crippen molar-refractivity contribution in [1.82, 2.24) is 10.2 Å². The number of piperidine rings is 1. The number of nitrogens with one attached hydrogen (secondary N) is 1. The number of likely N-dealkylation sites (tertiary alicyclic amines) is 1. The maximum absolute atomic E-state index is 13.6. The molecule has 31 heavy (non-hydrogen) atoms. The van der Waals surface area contributed by atoms with E-state index in [-0.39, 0.29) is 23.4 Å². The fourth-order valence-electron chi connectivity index (χ4n) is 3.69. The molecule has 0 aromatic heterocycles. The van der Waals surface area contributed by atoms with E-state index in [1.165, 1.54) is 7.11 Å². The molecule has 0 unspecified atom stereocenters. The van der Waals surface area contributed by atoms with Gasteiger partial charge in [0.15, 0.2) is 0 Å². The third-order valence-corrected chi connectivity index (χ3v) is 7.36. The van der Waals surface area contributed by atoms with Gasteiger partial charge in [0.05, 0.1) is 17.7 Å². The van der Waals surface area contributed by atoms with Crippen LogP contribution in [-0.2, 0) is 14.8 Å². The number of carbonyl (C=O) groups excluding carboxylic acids is 1. The number of amides is 1. The Balaban J connectivity index is 1.94. The molecule has 1 saturated heterocycles. The summed E-state index contributed by atoms with van der Waals surface area (Å²) >= 11 is 0. The van der Waals surface area contributed by atoms with Crippen molar-refractivity contribution in [3.05, 3.63) is 53.6 Å². The first-order chi connectivity index (χ1) is 14.7. The Hall–Kier alpha value is -2.58. The van der Waals surface area contributed by atoms with Crippen LogP contribution >= 0.6 is 0 Å². The molecule has 7 nitrogen and oxygen atoms in total. The molecule has 1 heterocycles. The van der Waals surface area contributed by atoms with Gasteiger partial charge in [-0.05, 0) is 76.7 Å². The van der Waals surface area contributed by atoms with Crippen LogP contribution in [0, 0.1) is 13.8 Å². The largest absolute Gasteiger partial charge is 0.495 e. The smallest absolute Gasteiger partial charge is 0.264 e. The van der Waals surface area contributed by atoms with Crippen molar-refractivity contribution in [2.45, 2.75) is 37.6 Å². The van der Waals surface area contributed by atoms with E-state index in [1.807, 2.05) is 19.9 Å². The lowest BCUT2D eigenvalue weighted by atomic mass is 10.1. The van der Waals surface area contributed by atoms with Gasteiger partial charge < -0.3 is 15.0 Å². The maximum Gasteiger partial charge on any atom is 0.264 e. The minimum absolute atomic E-state index is 0.0482. The van der Waals surface area contributed by atoms with Crippen LogP contribution in [0.25, 0.3) is 0 Å². The van der Waals surface area contributed by atoms with Gasteiger partial charge in [-0.15, -0.1) is 0 Å². The van der Waals surface area contributed by atoms with Crippen LogP contribution in [0.1, 0.15) is 24.0 Å². The number of methoxy groups -OCH3 is 1. The molecule has 0 atom stereocenters. The summed E-state index contributed by atoms with van der Waals surface area (Å²) in [5.41, 5.74) is 2.18. The first-order valence-electron chi connectivity index (χ1n) is 10.4. The van der Waals surface area contributed by atoms with E-state index >= 15 is 0 Å². The molecule has 168 valence electrons. The molecule has 1 aliphatic heterocycles. The van der Waals surface area contributed by atoms with Gasteiger partial charge in [0.2, 0.25) is 5.91 Å². The molecule has 3 rings (SSSR count). The Labute approximate surface area is 185 Å². The van der Waals surface area contributed by atoms with Crippen LogP contribution in [0.15, 0.2) is 47.4 Å². The quantitative estimate of drug-likeness (QED) is 0.709. The zero-order valence-electron chi connectivity index (χ0n) is 18.6. The summed E-state index contributed by atoms with van der Waals surface area (Å²) in [6.07, 6.45) is 1.70. The fourth-order valence-corrected chi connectivity index (χ4v) is 5.11. The van der Waals surface area contributed by atoms with Gasteiger partial charge in [0.1, 0.15) is 12.3 Å². The second kappa shape index (κ2) is 9.70. The van der Waals surface area contributed by atoms with Crippen molar-refractivity contribution in [3.63, 3.8) is 0 Å². The Morgan fingerprint density at radius 1 is 1.10 bits per heavy atom. The fraction of sp³-hybridized carbons (Fsp3) is 0.435. The molecule has 0 saturated carbocycles. The molecular formula is C23H31N3O4S. The number of rotatable bonds is 7. The highest BCUT2D eigenvalue weighted by molar-refractivity contribution is 7.92. The third kappa shape index (κ3) is 5.57. The van der Waals surface area contributed by atoms with Gasteiger partial charge in [-0.3, -0.25) is 9.10 Å². The number of carbonyl (C=O) groups is 1. The second-order valence-corrected chi connectivity index (χ2v) is 10.0. The highest BCUT2D eigenvalue weighted by Gasteiger charge is 2.30. The minimum Gasteiger partial charge on any atom is -0.495 e. The summed E-state index contributed by atoms with van der Waals surface area (Å²) in [5, 5.41) is 3.01. The monoisotopic (exact) mass is 445 g/mol. The lowest BCUT2D eigenvalue weighted by molar-refractivity contribution is -0.120. The summed E-state index contributed by atoms with van der Waals surface area (Å²) in [4.78, 5) is 15.3. The third-order valence-electron chi connectivity index (χ3n) is 5.58. The highest BCUT2D eigenvalue weighted by Crippen LogP contribution is 2.33. The number of hydrogen-bond donors (Lipinski definition) is 1. The van der Waals surface area contributed by atoms with E-state index in [0.717, 1.165) is 41.4 Å². The standard InChI is InChI=1S/C23H31N3O4S/c1-17-5-8-20(9-6-17)31(28,29)26(21-15-18(2)7-10-22(21)30-4)16-23(27)24-19-11-13-25(3)14-12-19/h5-10,15,19H,11-14,16H2,1-4H3,(H,24,27). The molecule has 2 aromatic carbocycles. The Morgan fingerprint density at radius 3 is 2.32 bits per heavy atom. The lowest BCUT2D eigenvalue weighted by Gasteiger charge is -2.31. The zero-order chi connectivity index (χ0) is 22.6. The molecular weight excluding hydrogens is 414 g/mol. The normalized spacial score (nSPS) is 15.5. The summed E-state index contributed by atoms with van der Waals surface area (Å²) in [6.45, 7) is 5.26. The average molecular weight is 446 g/mol. The van der Waals surface area contributed by atoms with Gasteiger partial charge in [0.25, 0.3) is 10.0 Å². The molecule has 0 radical (unpaired) electrons. The molecule has 2 aromatic rings. The second-order valence-electron chi connectivity index (χ2n) is 8.15. The van der Waals surface area contributed by atoms with E-state index in [2.05, 4.69) is 17.3 Å². The predicted molar refractivity (Wildman–Crippen MR) is 122 cm³/mol. The summed E-state index contributed by atoms with van der Waals surface area (Å²) in [6, 6.07) is 12.0. The van der Waals surface area contributed by atoms with Crippen LogP contribution in [0.3, 0.4) is 0 Å². The Bertz CT molecular complexity index is 1010. The Morgan fingerprint density at radius 2 is 1.71 bits per heavy atom. The number of hydrogen-bond acceptors (Lipinski definition) is 5. The maximum atomic E-state index is 13.6. The topological polar surface area (TPSA) is 79.0 Å². The zero-order valence-corrected chi connectivity index (χ0v) is 19.4. The molecule has 0 aliphatic carbocycles. The van der Waals surface area contributed by atoms with Gasteiger partial charge in [-0.1, -0.05) is 23.8 Å². The van der Waals surface area contributed by atoms with E-state index in [4.69, 9.17) is 4.74 Å². The average Bonchev–Trinajstić information content (AvgIpc) is 2.74. The van der Waals surface area contributed by atoms with Crippen molar-refractivity contribution >= 4 is 21.6 Å². The number of ether oxygens (including phenoxy) is 1. The molecule has 1 aliphatic rings. The number of anilines is 1. The summed E-state index contributed by atoms with van der Waals surface area (Å²) < 4.78 is 33.7. The van der Waals surface area contributed by atoms with Crippen LogP contribution in [-0.4, -0.2) is 59.1 Å². The van der Waals surface area contributed by atoms with Crippen molar-refractivity contribution in [2.24, 2.45) is 0 Å². The van der Waals surface area contributed by atoms with Crippen molar-refractivity contribution in [2.75, 3.05) is 38.1 Å². The number of aryl methyl sites for hydroxylation is 2. The lowest BCUT2D eigenvalue weighted by Crippen LogP contribution is -2.47. The molecule has 1 amide bonds. The van der Waals surface area contributed by atoms with Crippen molar-refractivity contribution in [1.29, 1.82) is 0 Å². The molecule has 1 fully saturated rings. The van der Waals surface area contributed by atoms with Gasteiger partial charge in [0, 0.05) is 6.04 Å². The first-order valence-corrected chi connectivity index (χ1v) is 11.9. The summed E-state index contributed by atoms with van der Waals surface area (Å²) in [7, 11) is -0.438.